The van der Waals surface area contributed by atoms with Crippen molar-refractivity contribution in [3.63, 3.8) is 0 Å². The van der Waals surface area contributed by atoms with Gasteiger partial charge in [0.05, 0.1) is 0 Å². The van der Waals surface area contributed by atoms with Crippen LogP contribution in [0.15, 0.2) is 24.3 Å². The SMILES string of the molecule is CC(C(=O)Nc1ccc2sc(C(=O)O)cc2c1)C1CC1. The molecular weight excluding hydrogens is 274 g/mol. The van der Waals surface area contributed by atoms with Crippen molar-refractivity contribution < 1.29 is 14.7 Å². The summed E-state index contributed by atoms with van der Waals surface area (Å²) in [4.78, 5) is 23.3. The maximum atomic E-state index is 12.0. The van der Waals surface area contributed by atoms with Crippen LogP contribution < -0.4 is 5.32 Å². The number of rotatable bonds is 4. The van der Waals surface area contributed by atoms with Gasteiger partial charge in [-0.15, -0.1) is 11.3 Å². The molecule has 4 nitrogen and oxygen atoms in total. The Labute approximate surface area is 120 Å². The van der Waals surface area contributed by atoms with Crippen molar-refractivity contribution in [1.82, 2.24) is 0 Å². The molecule has 0 bridgehead atoms. The number of benzene rings is 1. The zero-order chi connectivity index (χ0) is 14.3. The Kier molecular flexibility index (Phi) is 3.22. The number of carboxylic acid groups (broad SMARTS) is 1. The second-order valence-electron chi connectivity index (χ2n) is 5.28. The van der Waals surface area contributed by atoms with Crippen LogP contribution in [0.3, 0.4) is 0 Å². The van der Waals surface area contributed by atoms with Crippen molar-refractivity contribution in [2.24, 2.45) is 11.8 Å². The third kappa shape index (κ3) is 2.54. The van der Waals surface area contributed by atoms with Gasteiger partial charge in [-0.3, -0.25) is 4.79 Å². The van der Waals surface area contributed by atoms with Crippen LogP contribution in [0.1, 0.15) is 29.4 Å². The number of nitrogens with one attached hydrogen (secondary N) is 1. The van der Waals surface area contributed by atoms with Crippen LogP contribution in [0.2, 0.25) is 0 Å². The van der Waals surface area contributed by atoms with E-state index >= 15 is 0 Å². The number of amides is 1. The quantitative estimate of drug-likeness (QED) is 0.904. The molecule has 1 amide bonds. The maximum absolute atomic E-state index is 12.0. The van der Waals surface area contributed by atoms with E-state index in [4.69, 9.17) is 5.11 Å². The molecule has 1 heterocycles. The summed E-state index contributed by atoms with van der Waals surface area (Å²) in [6.45, 7) is 1.96. The second-order valence-corrected chi connectivity index (χ2v) is 6.37. The Balaban J connectivity index is 1.81. The van der Waals surface area contributed by atoms with Gasteiger partial charge in [-0.25, -0.2) is 4.79 Å². The van der Waals surface area contributed by atoms with Gasteiger partial charge in [0.15, 0.2) is 0 Å². The fraction of sp³-hybridized carbons (Fsp3) is 0.333. The highest BCUT2D eigenvalue weighted by Crippen LogP contribution is 2.37. The van der Waals surface area contributed by atoms with Gasteiger partial charge < -0.3 is 10.4 Å². The zero-order valence-corrected chi connectivity index (χ0v) is 11.9. The van der Waals surface area contributed by atoms with Crippen LogP contribution in [0, 0.1) is 11.8 Å². The average Bonchev–Trinajstić information content (AvgIpc) is 3.16. The molecule has 0 spiro atoms. The number of carbonyl (C=O) groups excluding carboxylic acids is 1. The highest BCUT2D eigenvalue weighted by Gasteiger charge is 2.32. The lowest BCUT2D eigenvalue weighted by molar-refractivity contribution is -0.119. The van der Waals surface area contributed by atoms with Gasteiger partial charge in [0.2, 0.25) is 5.91 Å². The van der Waals surface area contributed by atoms with Gasteiger partial charge in [0, 0.05) is 16.3 Å². The fourth-order valence-electron chi connectivity index (χ4n) is 2.29. The van der Waals surface area contributed by atoms with E-state index in [2.05, 4.69) is 5.32 Å². The minimum Gasteiger partial charge on any atom is -0.477 e. The molecule has 1 saturated carbocycles. The second kappa shape index (κ2) is 4.90. The van der Waals surface area contributed by atoms with Crippen molar-refractivity contribution >= 4 is 39.0 Å². The summed E-state index contributed by atoms with van der Waals surface area (Å²) >= 11 is 1.24. The monoisotopic (exact) mass is 289 g/mol. The molecule has 1 atom stereocenters. The number of hydrogen-bond donors (Lipinski definition) is 2. The third-order valence-electron chi connectivity index (χ3n) is 3.74. The lowest BCUT2D eigenvalue weighted by atomic mass is 10.1. The largest absolute Gasteiger partial charge is 0.477 e. The van der Waals surface area contributed by atoms with E-state index in [-0.39, 0.29) is 11.8 Å². The minimum atomic E-state index is -0.917. The van der Waals surface area contributed by atoms with Crippen LogP contribution in [-0.4, -0.2) is 17.0 Å². The van der Waals surface area contributed by atoms with Gasteiger partial charge in [-0.2, -0.15) is 0 Å². The van der Waals surface area contributed by atoms with Gasteiger partial charge in [-0.1, -0.05) is 6.92 Å². The Morgan fingerprint density at radius 3 is 2.75 bits per heavy atom. The number of anilines is 1. The first-order valence-corrected chi connectivity index (χ1v) is 7.44. The van der Waals surface area contributed by atoms with E-state index in [1.807, 2.05) is 25.1 Å². The first kappa shape index (κ1) is 13.1. The third-order valence-corrected chi connectivity index (χ3v) is 4.84. The zero-order valence-electron chi connectivity index (χ0n) is 11.1. The molecule has 1 aliphatic rings. The highest BCUT2D eigenvalue weighted by atomic mass is 32.1. The van der Waals surface area contributed by atoms with Crippen molar-refractivity contribution in [3.8, 4) is 0 Å². The van der Waals surface area contributed by atoms with E-state index in [1.54, 1.807) is 6.07 Å². The molecule has 0 aliphatic heterocycles. The molecule has 5 heteroatoms. The van der Waals surface area contributed by atoms with Gasteiger partial charge in [0.1, 0.15) is 4.88 Å². The van der Waals surface area contributed by atoms with Crippen molar-refractivity contribution in [1.29, 1.82) is 0 Å². The summed E-state index contributed by atoms with van der Waals surface area (Å²) in [5.41, 5.74) is 0.727. The predicted octanol–water partition coefficient (Wildman–Crippen LogP) is 3.58. The van der Waals surface area contributed by atoms with Gasteiger partial charge in [0.25, 0.3) is 0 Å². The first-order chi connectivity index (χ1) is 9.54. The summed E-state index contributed by atoms with van der Waals surface area (Å²) in [6.07, 6.45) is 2.28. The summed E-state index contributed by atoms with van der Waals surface area (Å²) in [5, 5.41) is 12.7. The molecule has 3 rings (SSSR count). The average molecular weight is 289 g/mol. The Hall–Kier alpha value is -1.88. The van der Waals surface area contributed by atoms with Crippen molar-refractivity contribution in [2.75, 3.05) is 5.32 Å². The molecule has 1 unspecified atom stereocenters. The fourth-order valence-corrected chi connectivity index (χ4v) is 3.17. The standard InChI is InChI=1S/C15H15NO3S/c1-8(9-2-3-9)14(17)16-11-4-5-12-10(6-11)7-13(20-12)15(18)19/h4-9H,2-3H2,1H3,(H,16,17)(H,18,19). The summed E-state index contributed by atoms with van der Waals surface area (Å²) in [5.74, 6) is -0.305. The molecule has 2 N–H and O–H groups in total. The highest BCUT2D eigenvalue weighted by molar-refractivity contribution is 7.20. The molecule has 0 saturated heterocycles. The minimum absolute atomic E-state index is 0.0422. The molecule has 104 valence electrons. The van der Waals surface area contributed by atoms with E-state index in [0.29, 0.717) is 10.8 Å². The van der Waals surface area contributed by atoms with Gasteiger partial charge >= 0.3 is 5.97 Å². The maximum Gasteiger partial charge on any atom is 0.345 e. The van der Waals surface area contributed by atoms with E-state index < -0.39 is 5.97 Å². The van der Waals surface area contributed by atoms with E-state index in [0.717, 1.165) is 28.6 Å². The topological polar surface area (TPSA) is 66.4 Å². The predicted molar refractivity (Wildman–Crippen MR) is 79.3 cm³/mol. The summed E-state index contributed by atoms with van der Waals surface area (Å²) < 4.78 is 0.913. The summed E-state index contributed by atoms with van der Waals surface area (Å²) in [7, 11) is 0. The van der Waals surface area contributed by atoms with Gasteiger partial charge in [-0.05, 0) is 48.4 Å². The lowest BCUT2D eigenvalue weighted by Crippen LogP contribution is -2.21. The molecule has 20 heavy (non-hydrogen) atoms. The number of hydrogen-bond acceptors (Lipinski definition) is 3. The van der Waals surface area contributed by atoms with E-state index in [1.165, 1.54) is 11.3 Å². The molecule has 1 aliphatic carbocycles. The first-order valence-electron chi connectivity index (χ1n) is 6.62. The smallest absolute Gasteiger partial charge is 0.345 e. The van der Waals surface area contributed by atoms with E-state index in [9.17, 15) is 9.59 Å². The Bertz CT molecular complexity index is 687. The molecule has 0 radical (unpaired) electrons. The summed E-state index contributed by atoms with van der Waals surface area (Å²) in [6, 6.07) is 7.14. The number of carbonyl (C=O) groups is 2. The molecule has 1 aromatic carbocycles. The van der Waals surface area contributed by atoms with Crippen molar-refractivity contribution in [2.45, 2.75) is 19.8 Å². The lowest BCUT2D eigenvalue weighted by Gasteiger charge is -2.11. The van der Waals surface area contributed by atoms with Crippen LogP contribution in [-0.2, 0) is 4.79 Å². The Morgan fingerprint density at radius 1 is 1.35 bits per heavy atom. The Morgan fingerprint density at radius 2 is 2.10 bits per heavy atom. The number of fused-ring (bicyclic) bond motifs is 1. The van der Waals surface area contributed by atoms with Crippen LogP contribution in [0.25, 0.3) is 10.1 Å². The molecule has 2 aromatic rings. The molecular formula is C15H15NO3S. The van der Waals surface area contributed by atoms with Crippen LogP contribution in [0.4, 0.5) is 5.69 Å². The number of carboxylic acids is 1. The molecule has 1 aromatic heterocycles. The molecule has 1 fully saturated rings. The normalized spacial score (nSPS) is 16.1. The van der Waals surface area contributed by atoms with Crippen molar-refractivity contribution in [3.05, 3.63) is 29.1 Å². The number of thiophene rings is 1. The number of aromatic carboxylic acids is 1. The van der Waals surface area contributed by atoms with Crippen LogP contribution >= 0.6 is 11.3 Å². The van der Waals surface area contributed by atoms with Crippen LogP contribution in [0.5, 0.6) is 0 Å².